The smallest absolute Gasteiger partial charge is 0.370 e. The fraction of sp³-hybridized carbons (Fsp3) is 0.364. The van der Waals surface area contributed by atoms with E-state index >= 15 is 0 Å². The van der Waals surface area contributed by atoms with Crippen LogP contribution in [0, 0.1) is 0 Å². The van der Waals surface area contributed by atoms with E-state index in [1.165, 1.54) is 12.1 Å². The van der Waals surface area contributed by atoms with Crippen molar-refractivity contribution in [2.75, 3.05) is 19.8 Å². The van der Waals surface area contributed by atoms with Crippen molar-refractivity contribution in [1.29, 1.82) is 0 Å². The van der Waals surface area contributed by atoms with Crippen LogP contribution in [-0.2, 0) is 4.74 Å². The highest BCUT2D eigenvalue weighted by molar-refractivity contribution is 6.30. The molecule has 0 fully saturated rings. The standard InChI is InChI=1S/C11H11ClF3NO2/c12-9-3-1-8(2-4-9)10(17)16-5-6-18-7-11(13,14)15/h1-4H,5-7H2,(H,16,17). The first-order chi connectivity index (χ1) is 8.38. The van der Waals surface area contributed by atoms with Crippen LogP contribution in [0.1, 0.15) is 10.4 Å². The SMILES string of the molecule is O=C(NCCOCC(F)(F)F)c1ccc(Cl)cc1. The quantitative estimate of drug-likeness (QED) is 0.843. The third kappa shape index (κ3) is 5.88. The number of carbonyl (C=O) groups is 1. The zero-order valence-corrected chi connectivity index (χ0v) is 10.0. The van der Waals surface area contributed by atoms with Gasteiger partial charge in [-0.05, 0) is 24.3 Å². The van der Waals surface area contributed by atoms with Gasteiger partial charge in [0.15, 0.2) is 0 Å². The molecule has 0 aliphatic heterocycles. The van der Waals surface area contributed by atoms with Crippen molar-refractivity contribution in [3.8, 4) is 0 Å². The number of halogens is 4. The van der Waals surface area contributed by atoms with Crippen molar-refractivity contribution in [3.63, 3.8) is 0 Å². The largest absolute Gasteiger partial charge is 0.411 e. The summed E-state index contributed by atoms with van der Waals surface area (Å²) in [6, 6.07) is 6.15. The summed E-state index contributed by atoms with van der Waals surface area (Å²) < 4.78 is 39.5. The Kier molecular flexibility index (Phi) is 5.43. The van der Waals surface area contributed by atoms with Crippen molar-refractivity contribution < 1.29 is 22.7 Å². The van der Waals surface area contributed by atoms with Crippen molar-refractivity contribution in [2.24, 2.45) is 0 Å². The Morgan fingerprint density at radius 1 is 1.28 bits per heavy atom. The topological polar surface area (TPSA) is 38.3 Å². The van der Waals surface area contributed by atoms with Gasteiger partial charge in [-0.1, -0.05) is 11.6 Å². The lowest BCUT2D eigenvalue weighted by atomic mass is 10.2. The van der Waals surface area contributed by atoms with Crippen LogP contribution in [0.3, 0.4) is 0 Å². The monoisotopic (exact) mass is 281 g/mol. The molecule has 1 rings (SSSR count). The number of alkyl halides is 3. The van der Waals surface area contributed by atoms with Crippen LogP contribution in [0.15, 0.2) is 24.3 Å². The van der Waals surface area contributed by atoms with Crippen molar-refractivity contribution in [2.45, 2.75) is 6.18 Å². The average molecular weight is 282 g/mol. The lowest BCUT2D eigenvalue weighted by molar-refractivity contribution is -0.173. The van der Waals surface area contributed by atoms with Crippen molar-refractivity contribution >= 4 is 17.5 Å². The second-order valence-corrected chi connectivity index (χ2v) is 3.87. The molecule has 0 atom stereocenters. The van der Waals surface area contributed by atoms with Gasteiger partial charge in [-0.25, -0.2) is 0 Å². The van der Waals surface area contributed by atoms with Gasteiger partial charge in [-0.15, -0.1) is 0 Å². The second-order valence-electron chi connectivity index (χ2n) is 3.43. The fourth-order valence-corrected chi connectivity index (χ4v) is 1.25. The van der Waals surface area contributed by atoms with Crippen molar-refractivity contribution in [1.82, 2.24) is 5.32 Å². The van der Waals surface area contributed by atoms with E-state index in [2.05, 4.69) is 10.1 Å². The van der Waals surface area contributed by atoms with Crippen LogP contribution in [0.2, 0.25) is 5.02 Å². The molecule has 0 radical (unpaired) electrons. The molecule has 0 aliphatic carbocycles. The summed E-state index contributed by atoms with van der Waals surface area (Å²) in [5.74, 6) is -0.387. The number of hydrogen-bond donors (Lipinski definition) is 1. The summed E-state index contributed by atoms with van der Waals surface area (Å²) >= 11 is 5.65. The maximum Gasteiger partial charge on any atom is 0.411 e. The maximum absolute atomic E-state index is 11.7. The fourth-order valence-electron chi connectivity index (χ4n) is 1.13. The molecule has 3 nitrogen and oxygen atoms in total. The molecular weight excluding hydrogens is 271 g/mol. The first-order valence-electron chi connectivity index (χ1n) is 5.07. The summed E-state index contributed by atoms with van der Waals surface area (Å²) in [4.78, 5) is 11.5. The molecule has 1 N–H and O–H groups in total. The molecule has 1 aromatic carbocycles. The Hall–Kier alpha value is -1.27. The van der Waals surface area contributed by atoms with Crippen LogP contribution in [0.5, 0.6) is 0 Å². The van der Waals surface area contributed by atoms with Gasteiger partial charge in [0.05, 0.1) is 6.61 Å². The summed E-state index contributed by atoms with van der Waals surface area (Å²) in [6.45, 7) is -1.50. The summed E-state index contributed by atoms with van der Waals surface area (Å²) in [7, 11) is 0. The van der Waals surface area contributed by atoms with Gasteiger partial charge in [0.2, 0.25) is 0 Å². The number of rotatable bonds is 5. The predicted molar refractivity (Wildman–Crippen MR) is 60.7 cm³/mol. The average Bonchev–Trinajstić information content (AvgIpc) is 2.27. The summed E-state index contributed by atoms with van der Waals surface area (Å²) in [5, 5.41) is 2.93. The first-order valence-corrected chi connectivity index (χ1v) is 5.44. The van der Waals surface area contributed by atoms with Gasteiger partial charge in [0, 0.05) is 17.1 Å². The van der Waals surface area contributed by atoms with Gasteiger partial charge in [0.25, 0.3) is 5.91 Å². The number of amides is 1. The molecular formula is C11H11ClF3NO2. The zero-order valence-electron chi connectivity index (χ0n) is 9.26. The van der Waals surface area contributed by atoms with Gasteiger partial charge in [-0.2, -0.15) is 13.2 Å². The van der Waals surface area contributed by atoms with E-state index in [9.17, 15) is 18.0 Å². The Morgan fingerprint density at radius 2 is 1.89 bits per heavy atom. The molecule has 0 spiro atoms. The van der Waals surface area contributed by atoms with Gasteiger partial charge >= 0.3 is 6.18 Å². The molecule has 7 heteroatoms. The number of hydrogen-bond acceptors (Lipinski definition) is 2. The molecule has 18 heavy (non-hydrogen) atoms. The molecule has 0 saturated carbocycles. The van der Waals surface area contributed by atoms with Gasteiger partial charge in [0.1, 0.15) is 6.61 Å². The highest BCUT2D eigenvalue weighted by Crippen LogP contribution is 2.14. The Labute approximate surface area is 107 Å². The number of benzene rings is 1. The molecule has 0 bridgehead atoms. The Bertz CT molecular complexity index is 392. The molecule has 1 aromatic rings. The molecule has 100 valence electrons. The summed E-state index contributed by atoms with van der Waals surface area (Å²) in [5.41, 5.74) is 0.384. The highest BCUT2D eigenvalue weighted by atomic mass is 35.5. The Balaban J connectivity index is 2.24. The third-order valence-electron chi connectivity index (χ3n) is 1.90. The van der Waals surface area contributed by atoms with Crippen LogP contribution in [0.25, 0.3) is 0 Å². The molecule has 0 heterocycles. The molecule has 0 aliphatic rings. The molecule has 1 amide bonds. The third-order valence-corrected chi connectivity index (χ3v) is 2.16. The van der Waals surface area contributed by atoms with E-state index in [-0.39, 0.29) is 19.1 Å². The normalized spacial score (nSPS) is 11.3. The van der Waals surface area contributed by atoms with Crippen LogP contribution < -0.4 is 5.32 Å². The Morgan fingerprint density at radius 3 is 2.44 bits per heavy atom. The lowest BCUT2D eigenvalue weighted by Crippen LogP contribution is -2.28. The number of carbonyl (C=O) groups excluding carboxylic acids is 1. The van der Waals surface area contributed by atoms with Crippen LogP contribution in [0.4, 0.5) is 13.2 Å². The first kappa shape index (κ1) is 14.8. The van der Waals surface area contributed by atoms with Gasteiger partial charge < -0.3 is 10.1 Å². The lowest BCUT2D eigenvalue weighted by Gasteiger charge is -2.08. The van der Waals surface area contributed by atoms with E-state index in [1.807, 2.05) is 0 Å². The van der Waals surface area contributed by atoms with E-state index in [0.717, 1.165) is 0 Å². The maximum atomic E-state index is 11.7. The minimum atomic E-state index is -4.35. The zero-order chi connectivity index (χ0) is 13.6. The summed E-state index contributed by atoms with van der Waals surface area (Å²) in [6.07, 6.45) is -4.35. The van der Waals surface area contributed by atoms with E-state index in [0.29, 0.717) is 10.6 Å². The number of nitrogens with one attached hydrogen (secondary N) is 1. The van der Waals surface area contributed by atoms with Crippen LogP contribution in [-0.4, -0.2) is 31.8 Å². The number of ether oxygens (including phenoxy) is 1. The predicted octanol–water partition coefficient (Wildman–Crippen LogP) is 2.65. The van der Waals surface area contributed by atoms with E-state index < -0.39 is 12.8 Å². The molecule has 0 aromatic heterocycles. The van der Waals surface area contributed by atoms with E-state index in [4.69, 9.17) is 11.6 Å². The minimum Gasteiger partial charge on any atom is -0.370 e. The second kappa shape index (κ2) is 6.61. The molecule has 0 unspecified atom stereocenters. The molecule has 0 saturated heterocycles. The van der Waals surface area contributed by atoms with Gasteiger partial charge in [-0.3, -0.25) is 4.79 Å². The minimum absolute atomic E-state index is 0.0114. The van der Waals surface area contributed by atoms with Crippen LogP contribution >= 0.6 is 11.6 Å². The van der Waals surface area contributed by atoms with E-state index in [1.54, 1.807) is 12.1 Å². The van der Waals surface area contributed by atoms with Crippen molar-refractivity contribution in [3.05, 3.63) is 34.9 Å². The highest BCUT2D eigenvalue weighted by Gasteiger charge is 2.27.